The van der Waals surface area contributed by atoms with E-state index in [9.17, 15) is 0 Å². The number of hydrogen-bond donors (Lipinski definition) is 0. The molecule has 29 heavy (non-hydrogen) atoms. The Bertz CT molecular complexity index is 699. The summed E-state index contributed by atoms with van der Waals surface area (Å²) in [7, 11) is 4.20. The van der Waals surface area contributed by atoms with Crippen LogP contribution in [-0.2, 0) is 0 Å². The van der Waals surface area contributed by atoms with Crippen molar-refractivity contribution in [2.45, 2.75) is 38.2 Å². The average molecular weight is 397 g/mol. The number of nitrogens with zero attached hydrogens (tertiary/aromatic N) is 2. The fraction of sp³-hybridized carbons (Fsp3) is 0.520. The Kier molecular flexibility index (Phi) is 8.84. The van der Waals surface area contributed by atoms with Crippen LogP contribution in [0.5, 0.6) is 11.5 Å². The van der Waals surface area contributed by atoms with Crippen molar-refractivity contribution in [3.63, 3.8) is 0 Å². The third kappa shape index (κ3) is 7.71. The molecule has 1 unspecified atom stereocenters. The van der Waals surface area contributed by atoms with Crippen molar-refractivity contribution in [2.75, 3.05) is 46.9 Å². The lowest BCUT2D eigenvalue weighted by atomic mass is 10.1. The minimum absolute atomic E-state index is 0.0351. The predicted octanol–water partition coefficient (Wildman–Crippen LogP) is 5.01. The summed E-state index contributed by atoms with van der Waals surface area (Å²) in [5.41, 5.74) is 1.21. The summed E-state index contributed by atoms with van der Waals surface area (Å²) in [5.74, 6) is 1.76. The van der Waals surface area contributed by atoms with E-state index in [1.807, 2.05) is 30.3 Å². The van der Waals surface area contributed by atoms with E-state index in [1.54, 1.807) is 0 Å². The van der Waals surface area contributed by atoms with Gasteiger partial charge in [-0.3, -0.25) is 0 Å². The second kappa shape index (κ2) is 11.8. The molecule has 0 bridgehead atoms. The Balaban J connectivity index is 1.52. The summed E-state index contributed by atoms with van der Waals surface area (Å²) in [6.07, 6.45) is 6.12. The van der Waals surface area contributed by atoms with Crippen LogP contribution in [0.1, 0.15) is 43.8 Å². The monoisotopic (exact) mass is 396 g/mol. The normalized spacial score (nSPS) is 16.0. The maximum Gasteiger partial charge on any atom is 0.125 e. The molecule has 1 fully saturated rings. The van der Waals surface area contributed by atoms with E-state index in [0.29, 0.717) is 0 Å². The summed E-state index contributed by atoms with van der Waals surface area (Å²) < 4.78 is 12.4. The third-order valence-electron chi connectivity index (χ3n) is 5.43. The van der Waals surface area contributed by atoms with Gasteiger partial charge < -0.3 is 19.3 Å². The summed E-state index contributed by atoms with van der Waals surface area (Å²) >= 11 is 0. The largest absolute Gasteiger partial charge is 0.493 e. The highest BCUT2D eigenvalue weighted by atomic mass is 16.5. The third-order valence-corrected chi connectivity index (χ3v) is 5.43. The zero-order valence-electron chi connectivity index (χ0n) is 18.1. The molecule has 4 nitrogen and oxygen atoms in total. The molecule has 0 spiro atoms. The van der Waals surface area contributed by atoms with Crippen LogP contribution in [0, 0.1) is 0 Å². The van der Waals surface area contributed by atoms with Crippen LogP contribution in [0.25, 0.3) is 0 Å². The van der Waals surface area contributed by atoms with Gasteiger partial charge in [-0.15, -0.1) is 0 Å². The Morgan fingerprint density at radius 1 is 0.931 bits per heavy atom. The summed E-state index contributed by atoms with van der Waals surface area (Å²) in [6.45, 7) is 5.36. The smallest absolute Gasteiger partial charge is 0.125 e. The highest BCUT2D eigenvalue weighted by Gasteiger charge is 2.14. The molecule has 1 aliphatic heterocycles. The highest BCUT2D eigenvalue weighted by molar-refractivity contribution is 5.33. The first kappa shape index (κ1) is 21.7. The lowest BCUT2D eigenvalue weighted by molar-refractivity contribution is 0.178. The van der Waals surface area contributed by atoms with Gasteiger partial charge in [-0.25, -0.2) is 0 Å². The average Bonchev–Trinajstić information content (AvgIpc) is 2.76. The van der Waals surface area contributed by atoms with Crippen molar-refractivity contribution in [2.24, 2.45) is 0 Å². The van der Waals surface area contributed by atoms with E-state index < -0.39 is 0 Å². The van der Waals surface area contributed by atoms with Crippen LogP contribution >= 0.6 is 0 Å². The second-order valence-corrected chi connectivity index (χ2v) is 8.19. The summed E-state index contributed by atoms with van der Waals surface area (Å²) in [6, 6.07) is 18.5. The number of likely N-dealkylation sites (tertiary alicyclic amines) is 1. The molecule has 1 saturated heterocycles. The molecule has 3 rings (SSSR count). The Morgan fingerprint density at radius 3 is 2.45 bits per heavy atom. The SMILES string of the molecule is CN(C)CCC(Oc1cccc(OCCCN2CCCCC2)c1)c1ccccc1. The number of hydrogen-bond acceptors (Lipinski definition) is 4. The van der Waals surface area contributed by atoms with Crippen molar-refractivity contribution in [1.29, 1.82) is 0 Å². The lowest BCUT2D eigenvalue weighted by Crippen LogP contribution is -2.31. The lowest BCUT2D eigenvalue weighted by Gasteiger charge is -2.26. The minimum Gasteiger partial charge on any atom is -0.493 e. The second-order valence-electron chi connectivity index (χ2n) is 8.19. The van der Waals surface area contributed by atoms with Gasteiger partial charge in [0.25, 0.3) is 0 Å². The molecule has 1 atom stereocenters. The maximum atomic E-state index is 6.38. The van der Waals surface area contributed by atoms with Crippen molar-refractivity contribution in [1.82, 2.24) is 9.80 Å². The summed E-state index contributed by atoms with van der Waals surface area (Å²) in [4.78, 5) is 4.75. The fourth-order valence-electron chi connectivity index (χ4n) is 3.80. The van der Waals surface area contributed by atoms with Crippen molar-refractivity contribution in [3.8, 4) is 11.5 Å². The van der Waals surface area contributed by atoms with Crippen LogP contribution in [0.15, 0.2) is 54.6 Å². The standard InChI is InChI=1S/C25H36N2O2/c1-26(2)19-15-25(22-11-5-3-6-12-22)29-24-14-9-13-23(21-24)28-20-10-18-27-16-7-4-8-17-27/h3,5-6,9,11-14,21,25H,4,7-8,10,15-20H2,1-2H3. The molecule has 2 aromatic rings. The Labute approximate surface area is 176 Å². The molecule has 158 valence electrons. The zero-order chi connectivity index (χ0) is 20.3. The quantitative estimate of drug-likeness (QED) is 0.498. The number of rotatable bonds is 11. The van der Waals surface area contributed by atoms with Gasteiger partial charge in [0.05, 0.1) is 6.61 Å². The van der Waals surface area contributed by atoms with Crippen LogP contribution in [0.3, 0.4) is 0 Å². The topological polar surface area (TPSA) is 24.9 Å². The summed E-state index contributed by atoms with van der Waals surface area (Å²) in [5, 5.41) is 0. The minimum atomic E-state index is 0.0351. The van der Waals surface area contributed by atoms with E-state index in [0.717, 1.165) is 44.0 Å². The van der Waals surface area contributed by atoms with E-state index in [1.165, 1.54) is 37.9 Å². The number of ether oxygens (including phenoxy) is 2. The molecular weight excluding hydrogens is 360 g/mol. The Hall–Kier alpha value is -2.04. The van der Waals surface area contributed by atoms with Crippen molar-refractivity contribution >= 4 is 0 Å². The molecule has 2 aromatic carbocycles. The van der Waals surface area contributed by atoms with Crippen molar-refractivity contribution < 1.29 is 9.47 Å². The van der Waals surface area contributed by atoms with Crippen LogP contribution in [0.4, 0.5) is 0 Å². The Morgan fingerprint density at radius 2 is 1.69 bits per heavy atom. The van der Waals surface area contributed by atoms with E-state index in [2.05, 4.69) is 48.2 Å². The zero-order valence-corrected chi connectivity index (χ0v) is 18.1. The van der Waals surface area contributed by atoms with Gasteiger partial charge in [-0.1, -0.05) is 42.8 Å². The van der Waals surface area contributed by atoms with Crippen LogP contribution < -0.4 is 9.47 Å². The van der Waals surface area contributed by atoms with Gasteiger partial charge in [-0.05, 0) is 64.1 Å². The first-order chi connectivity index (χ1) is 14.2. The molecular formula is C25H36N2O2. The molecule has 1 aliphatic rings. The van der Waals surface area contributed by atoms with E-state index in [4.69, 9.17) is 9.47 Å². The van der Waals surface area contributed by atoms with Crippen molar-refractivity contribution in [3.05, 3.63) is 60.2 Å². The molecule has 0 saturated carbocycles. The van der Waals surface area contributed by atoms with Gasteiger partial charge >= 0.3 is 0 Å². The van der Waals surface area contributed by atoms with Gasteiger partial charge in [0.1, 0.15) is 17.6 Å². The van der Waals surface area contributed by atoms with E-state index in [-0.39, 0.29) is 6.10 Å². The molecule has 1 heterocycles. The van der Waals surface area contributed by atoms with E-state index >= 15 is 0 Å². The van der Waals surface area contributed by atoms with Gasteiger partial charge in [0, 0.05) is 25.6 Å². The predicted molar refractivity (Wildman–Crippen MR) is 120 cm³/mol. The highest BCUT2D eigenvalue weighted by Crippen LogP contribution is 2.27. The van der Waals surface area contributed by atoms with Crippen LogP contribution in [-0.4, -0.2) is 56.7 Å². The molecule has 4 heteroatoms. The van der Waals surface area contributed by atoms with Gasteiger partial charge in [0.15, 0.2) is 0 Å². The molecule has 0 aliphatic carbocycles. The first-order valence-electron chi connectivity index (χ1n) is 11.0. The first-order valence-corrected chi connectivity index (χ1v) is 11.0. The molecule has 0 radical (unpaired) electrons. The molecule has 0 N–H and O–H groups in total. The van der Waals surface area contributed by atoms with Gasteiger partial charge in [0.2, 0.25) is 0 Å². The number of benzene rings is 2. The van der Waals surface area contributed by atoms with Crippen LogP contribution in [0.2, 0.25) is 0 Å². The number of piperidine rings is 1. The molecule has 0 amide bonds. The van der Waals surface area contributed by atoms with Gasteiger partial charge in [-0.2, -0.15) is 0 Å². The maximum absolute atomic E-state index is 6.38. The fourth-order valence-corrected chi connectivity index (χ4v) is 3.80. The molecule has 0 aromatic heterocycles.